The van der Waals surface area contributed by atoms with Gasteiger partial charge in [-0.2, -0.15) is 0 Å². The topological polar surface area (TPSA) is 43.1 Å². The Morgan fingerprint density at radius 3 is 2.28 bits per heavy atom. The molecule has 0 aliphatic rings. The molecule has 2 aromatic rings. The van der Waals surface area contributed by atoms with E-state index in [1.165, 1.54) is 12.1 Å². The van der Waals surface area contributed by atoms with Crippen LogP contribution in [0.4, 0.5) is 18.9 Å². The number of nitro benzene ring substituents is 1. The fraction of sp³-hybridized carbons (Fsp3) is 0. The quantitative estimate of drug-likeness (QED) is 0.605. The number of nitrogens with zero attached hydrogens (tertiary/aromatic N) is 1. The molecule has 0 aromatic heterocycles. The zero-order chi connectivity index (χ0) is 13.3. The van der Waals surface area contributed by atoms with Gasteiger partial charge in [-0.1, -0.05) is 12.1 Å². The third-order valence-corrected chi connectivity index (χ3v) is 2.41. The van der Waals surface area contributed by atoms with E-state index in [2.05, 4.69) is 0 Å². The highest BCUT2D eigenvalue weighted by atomic mass is 19.2. The minimum absolute atomic E-state index is 0.224. The van der Waals surface area contributed by atoms with Gasteiger partial charge in [-0.25, -0.2) is 13.2 Å². The molecule has 0 atom stereocenters. The summed E-state index contributed by atoms with van der Waals surface area (Å²) >= 11 is 0. The van der Waals surface area contributed by atoms with Crippen molar-refractivity contribution in [1.82, 2.24) is 0 Å². The van der Waals surface area contributed by atoms with Gasteiger partial charge >= 0.3 is 0 Å². The molecule has 18 heavy (non-hydrogen) atoms. The molecule has 0 heterocycles. The summed E-state index contributed by atoms with van der Waals surface area (Å²) in [6.07, 6.45) is 0. The average molecular weight is 253 g/mol. The number of benzene rings is 2. The molecule has 0 aliphatic carbocycles. The van der Waals surface area contributed by atoms with E-state index in [9.17, 15) is 23.3 Å². The lowest BCUT2D eigenvalue weighted by Crippen LogP contribution is -1.94. The van der Waals surface area contributed by atoms with Crippen molar-refractivity contribution in [1.29, 1.82) is 0 Å². The minimum Gasteiger partial charge on any atom is -0.258 e. The van der Waals surface area contributed by atoms with Gasteiger partial charge in [0.1, 0.15) is 5.82 Å². The van der Waals surface area contributed by atoms with Crippen LogP contribution in [-0.2, 0) is 0 Å². The highest BCUT2D eigenvalue weighted by Crippen LogP contribution is 2.29. The maximum atomic E-state index is 13.6. The summed E-state index contributed by atoms with van der Waals surface area (Å²) in [6.45, 7) is 0. The van der Waals surface area contributed by atoms with Gasteiger partial charge in [0, 0.05) is 17.2 Å². The predicted octanol–water partition coefficient (Wildman–Crippen LogP) is 3.68. The SMILES string of the molecule is O=[N+]([O-])c1ccc(-c2cccc(F)c2F)c(F)c1. The highest BCUT2D eigenvalue weighted by Gasteiger charge is 2.16. The van der Waals surface area contributed by atoms with Crippen LogP contribution < -0.4 is 0 Å². The molecule has 92 valence electrons. The summed E-state index contributed by atoms with van der Waals surface area (Å²) in [6, 6.07) is 6.08. The molecule has 0 amide bonds. The third kappa shape index (κ3) is 2.04. The fourth-order valence-corrected chi connectivity index (χ4v) is 1.55. The van der Waals surface area contributed by atoms with Crippen LogP contribution in [0.2, 0.25) is 0 Å². The molecular formula is C12H6F3NO2. The monoisotopic (exact) mass is 253 g/mol. The second-order valence-electron chi connectivity index (χ2n) is 3.52. The van der Waals surface area contributed by atoms with E-state index in [1.54, 1.807) is 0 Å². The van der Waals surface area contributed by atoms with E-state index >= 15 is 0 Å². The van der Waals surface area contributed by atoms with Crippen molar-refractivity contribution in [2.45, 2.75) is 0 Å². The van der Waals surface area contributed by atoms with Gasteiger partial charge in [0.25, 0.3) is 5.69 Å². The second-order valence-corrected chi connectivity index (χ2v) is 3.52. The van der Waals surface area contributed by atoms with E-state index < -0.39 is 28.1 Å². The van der Waals surface area contributed by atoms with Crippen molar-refractivity contribution in [3.63, 3.8) is 0 Å². The van der Waals surface area contributed by atoms with Crippen molar-refractivity contribution in [2.24, 2.45) is 0 Å². The van der Waals surface area contributed by atoms with Crippen molar-refractivity contribution in [2.75, 3.05) is 0 Å². The Morgan fingerprint density at radius 2 is 1.67 bits per heavy atom. The lowest BCUT2D eigenvalue weighted by Gasteiger charge is -2.05. The third-order valence-electron chi connectivity index (χ3n) is 2.41. The molecule has 0 bridgehead atoms. The lowest BCUT2D eigenvalue weighted by molar-refractivity contribution is -0.385. The smallest absolute Gasteiger partial charge is 0.258 e. The maximum Gasteiger partial charge on any atom is 0.272 e. The average Bonchev–Trinajstić information content (AvgIpc) is 2.33. The molecule has 0 N–H and O–H groups in total. The van der Waals surface area contributed by atoms with E-state index in [0.717, 1.165) is 18.2 Å². The number of rotatable bonds is 2. The van der Waals surface area contributed by atoms with Crippen LogP contribution >= 0.6 is 0 Å². The summed E-state index contributed by atoms with van der Waals surface area (Å²) < 4.78 is 40.1. The van der Waals surface area contributed by atoms with Crippen molar-refractivity contribution in [3.05, 3.63) is 64.0 Å². The first-order valence-corrected chi connectivity index (χ1v) is 4.89. The molecule has 0 saturated heterocycles. The first kappa shape index (κ1) is 12.1. The molecule has 0 radical (unpaired) electrons. The van der Waals surface area contributed by atoms with Gasteiger partial charge in [0.05, 0.1) is 11.0 Å². The van der Waals surface area contributed by atoms with Crippen molar-refractivity contribution in [3.8, 4) is 11.1 Å². The van der Waals surface area contributed by atoms with Crippen LogP contribution in [0.15, 0.2) is 36.4 Å². The van der Waals surface area contributed by atoms with Crippen LogP contribution in [0.3, 0.4) is 0 Å². The number of hydrogen-bond donors (Lipinski definition) is 0. The molecule has 0 unspecified atom stereocenters. The van der Waals surface area contributed by atoms with E-state index in [4.69, 9.17) is 0 Å². The summed E-state index contributed by atoms with van der Waals surface area (Å²) in [7, 11) is 0. The van der Waals surface area contributed by atoms with Gasteiger partial charge in [0.15, 0.2) is 11.6 Å². The van der Waals surface area contributed by atoms with E-state index in [1.807, 2.05) is 0 Å². The van der Waals surface area contributed by atoms with Gasteiger partial charge < -0.3 is 0 Å². The number of nitro groups is 1. The summed E-state index contributed by atoms with van der Waals surface area (Å²) in [4.78, 5) is 9.66. The summed E-state index contributed by atoms with van der Waals surface area (Å²) in [5.41, 5.74) is -0.951. The molecule has 0 saturated carbocycles. The Balaban J connectivity index is 2.58. The van der Waals surface area contributed by atoms with Crippen LogP contribution in [0.1, 0.15) is 0 Å². The summed E-state index contributed by atoms with van der Waals surface area (Å²) in [5, 5.41) is 10.4. The molecule has 2 rings (SSSR count). The van der Waals surface area contributed by atoms with E-state index in [-0.39, 0.29) is 11.1 Å². The van der Waals surface area contributed by atoms with Crippen molar-refractivity contribution >= 4 is 5.69 Å². The van der Waals surface area contributed by atoms with Crippen LogP contribution in [0.25, 0.3) is 11.1 Å². The van der Waals surface area contributed by atoms with Gasteiger partial charge in [0.2, 0.25) is 0 Å². The number of hydrogen-bond acceptors (Lipinski definition) is 2. The molecule has 6 heteroatoms. The molecule has 3 nitrogen and oxygen atoms in total. The Morgan fingerprint density at radius 1 is 0.944 bits per heavy atom. The Labute approximate surface area is 99.6 Å². The van der Waals surface area contributed by atoms with Crippen LogP contribution in [-0.4, -0.2) is 4.92 Å². The second kappa shape index (κ2) is 4.48. The molecule has 0 spiro atoms. The summed E-state index contributed by atoms with van der Waals surface area (Å²) in [5.74, 6) is -3.27. The normalized spacial score (nSPS) is 10.4. The first-order chi connectivity index (χ1) is 8.50. The maximum absolute atomic E-state index is 13.6. The molecule has 2 aromatic carbocycles. The number of non-ortho nitro benzene ring substituents is 1. The standard InChI is InChI=1S/C12H6F3NO2/c13-10-3-1-2-9(12(10)15)8-5-4-7(16(17)18)6-11(8)14/h1-6H. The van der Waals surface area contributed by atoms with Gasteiger partial charge in [-0.3, -0.25) is 10.1 Å². The predicted molar refractivity (Wildman–Crippen MR) is 58.4 cm³/mol. The minimum atomic E-state index is -1.19. The zero-order valence-electron chi connectivity index (χ0n) is 8.86. The number of halogens is 3. The Hall–Kier alpha value is -2.37. The largest absolute Gasteiger partial charge is 0.272 e. The van der Waals surface area contributed by atoms with Gasteiger partial charge in [-0.05, 0) is 12.1 Å². The van der Waals surface area contributed by atoms with E-state index in [0.29, 0.717) is 6.07 Å². The fourth-order valence-electron chi connectivity index (χ4n) is 1.55. The zero-order valence-corrected chi connectivity index (χ0v) is 8.86. The molecular weight excluding hydrogens is 247 g/mol. The Bertz CT molecular complexity index is 629. The molecule has 0 fully saturated rings. The molecule has 0 aliphatic heterocycles. The van der Waals surface area contributed by atoms with Crippen LogP contribution in [0, 0.1) is 27.6 Å². The highest BCUT2D eigenvalue weighted by molar-refractivity contribution is 5.66. The Kier molecular flexibility index (Phi) is 3.01. The van der Waals surface area contributed by atoms with Gasteiger partial charge in [-0.15, -0.1) is 0 Å². The van der Waals surface area contributed by atoms with Crippen molar-refractivity contribution < 1.29 is 18.1 Å². The lowest BCUT2D eigenvalue weighted by atomic mass is 10.0. The first-order valence-electron chi connectivity index (χ1n) is 4.89. The van der Waals surface area contributed by atoms with Crippen LogP contribution in [0.5, 0.6) is 0 Å².